The predicted molar refractivity (Wildman–Crippen MR) is 56.0 cm³/mol. The highest BCUT2D eigenvalue weighted by atomic mass is 16.3. The molecule has 0 amide bonds. The molecule has 2 fully saturated rings. The Balaban J connectivity index is 1.89. The van der Waals surface area contributed by atoms with Crippen LogP contribution in [0, 0.1) is 11.8 Å². The number of fused-ring (bicyclic) bond motifs is 2. The monoisotopic (exact) mass is 188 g/mol. The zero-order valence-electron chi connectivity index (χ0n) is 8.26. The van der Waals surface area contributed by atoms with Gasteiger partial charge in [0.1, 0.15) is 0 Å². The zero-order valence-corrected chi connectivity index (χ0v) is 8.26. The summed E-state index contributed by atoms with van der Waals surface area (Å²) in [5.74, 6) is 1.76. The first kappa shape index (κ1) is 8.49. The lowest BCUT2D eigenvalue weighted by molar-refractivity contribution is 0.126. The van der Waals surface area contributed by atoms with Crippen molar-refractivity contribution in [2.45, 2.75) is 31.3 Å². The molecule has 2 saturated carbocycles. The molecule has 0 radical (unpaired) electrons. The van der Waals surface area contributed by atoms with Crippen molar-refractivity contribution < 1.29 is 5.11 Å². The maximum atomic E-state index is 9.96. The van der Waals surface area contributed by atoms with Gasteiger partial charge in [-0.1, -0.05) is 30.3 Å². The van der Waals surface area contributed by atoms with Gasteiger partial charge in [0, 0.05) is 0 Å². The van der Waals surface area contributed by atoms with Crippen molar-refractivity contribution >= 4 is 0 Å². The maximum absolute atomic E-state index is 9.96. The molecule has 4 atom stereocenters. The third-order valence-electron chi connectivity index (χ3n) is 4.09. The van der Waals surface area contributed by atoms with E-state index in [1.54, 1.807) is 0 Å². The first-order valence-electron chi connectivity index (χ1n) is 5.59. The van der Waals surface area contributed by atoms with Crippen molar-refractivity contribution in [1.82, 2.24) is 0 Å². The number of hydrogen-bond acceptors (Lipinski definition) is 1. The quantitative estimate of drug-likeness (QED) is 0.718. The SMILES string of the molecule is O[C@@H]1[C@H]2CC[C@@H]1[C@@H](c1ccccc1)C2. The van der Waals surface area contributed by atoms with Crippen LogP contribution in [-0.2, 0) is 0 Å². The van der Waals surface area contributed by atoms with Crippen LogP contribution in [0.3, 0.4) is 0 Å². The normalized spacial score (nSPS) is 40.4. The summed E-state index contributed by atoms with van der Waals surface area (Å²) in [6, 6.07) is 10.7. The van der Waals surface area contributed by atoms with E-state index in [4.69, 9.17) is 0 Å². The van der Waals surface area contributed by atoms with E-state index < -0.39 is 0 Å². The minimum atomic E-state index is -0.0137. The van der Waals surface area contributed by atoms with Crippen LogP contribution in [0.2, 0.25) is 0 Å². The van der Waals surface area contributed by atoms with Gasteiger partial charge < -0.3 is 5.11 Å². The van der Waals surface area contributed by atoms with Gasteiger partial charge in [-0.25, -0.2) is 0 Å². The Morgan fingerprint density at radius 2 is 1.86 bits per heavy atom. The largest absolute Gasteiger partial charge is 0.393 e. The van der Waals surface area contributed by atoms with Crippen molar-refractivity contribution in [3.05, 3.63) is 35.9 Å². The Morgan fingerprint density at radius 1 is 1.07 bits per heavy atom. The fourth-order valence-corrected chi connectivity index (χ4v) is 3.38. The van der Waals surface area contributed by atoms with Crippen LogP contribution in [0.4, 0.5) is 0 Å². The molecular weight excluding hydrogens is 172 g/mol. The van der Waals surface area contributed by atoms with Gasteiger partial charge in [0.25, 0.3) is 0 Å². The highest BCUT2D eigenvalue weighted by molar-refractivity contribution is 5.24. The standard InChI is InChI=1S/C13H16O/c14-13-10-6-7-11(13)12(8-10)9-4-2-1-3-5-9/h1-5,10-14H,6-8H2/t10-,11+,12+,13+/m0/s1. The second-order valence-corrected chi connectivity index (χ2v) is 4.74. The molecule has 1 N–H and O–H groups in total. The highest BCUT2D eigenvalue weighted by Crippen LogP contribution is 2.52. The summed E-state index contributed by atoms with van der Waals surface area (Å²) in [5.41, 5.74) is 1.43. The van der Waals surface area contributed by atoms with Crippen LogP contribution in [0.5, 0.6) is 0 Å². The van der Waals surface area contributed by atoms with Crippen LogP contribution in [-0.4, -0.2) is 11.2 Å². The molecule has 2 aliphatic carbocycles. The fraction of sp³-hybridized carbons (Fsp3) is 0.538. The van der Waals surface area contributed by atoms with E-state index in [0.717, 1.165) is 0 Å². The lowest BCUT2D eigenvalue weighted by Crippen LogP contribution is -2.14. The lowest BCUT2D eigenvalue weighted by atomic mass is 9.83. The number of benzene rings is 1. The topological polar surface area (TPSA) is 20.2 Å². The van der Waals surface area contributed by atoms with E-state index in [1.165, 1.54) is 24.8 Å². The summed E-state index contributed by atoms with van der Waals surface area (Å²) in [6.45, 7) is 0. The van der Waals surface area contributed by atoms with E-state index in [9.17, 15) is 5.11 Å². The fourth-order valence-electron chi connectivity index (χ4n) is 3.38. The summed E-state index contributed by atoms with van der Waals surface area (Å²) >= 11 is 0. The third-order valence-corrected chi connectivity index (χ3v) is 4.09. The Bertz CT molecular complexity index is 319. The van der Waals surface area contributed by atoms with Crippen molar-refractivity contribution in [2.75, 3.05) is 0 Å². The molecule has 0 spiro atoms. The van der Waals surface area contributed by atoms with Gasteiger partial charge in [-0.05, 0) is 42.6 Å². The second kappa shape index (κ2) is 3.09. The molecule has 0 unspecified atom stereocenters. The van der Waals surface area contributed by atoms with Crippen LogP contribution >= 0.6 is 0 Å². The van der Waals surface area contributed by atoms with E-state index in [2.05, 4.69) is 30.3 Å². The molecule has 0 heterocycles. The van der Waals surface area contributed by atoms with Crippen molar-refractivity contribution in [3.63, 3.8) is 0 Å². The Morgan fingerprint density at radius 3 is 2.43 bits per heavy atom. The summed E-state index contributed by atoms with van der Waals surface area (Å²) in [7, 11) is 0. The number of rotatable bonds is 1. The lowest BCUT2D eigenvalue weighted by Gasteiger charge is -2.21. The first-order chi connectivity index (χ1) is 6.86. The summed E-state index contributed by atoms with van der Waals surface area (Å²) in [5, 5.41) is 9.96. The Hall–Kier alpha value is -0.820. The summed E-state index contributed by atoms with van der Waals surface area (Å²) in [4.78, 5) is 0. The molecule has 1 aromatic carbocycles. The van der Waals surface area contributed by atoms with Gasteiger partial charge in [-0.2, -0.15) is 0 Å². The molecule has 3 rings (SSSR count). The molecule has 1 nitrogen and oxygen atoms in total. The van der Waals surface area contributed by atoms with E-state index in [-0.39, 0.29) is 6.10 Å². The van der Waals surface area contributed by atoms with Gasteiger partial charge in [0.15, 0.2) is 0 Å². The van der Waals surface area contributed by atoms with E-state index in [1.807, 2.05) is 0 Å². The van der Waals surface area contributed by atoms with Crippen LogP contribution in [0.1, 0.15) is 30.7 Å². The van der Waals surface area contributed by atoms with Gasteiger partial charge in [0.2, 0.25) is 0 Å². The van der Waals surface area contributed by atoms with Gasteiger partial charge in [-0.3, -0.25) is 0 Å². The first-order valence-corrected chi connectivity index (χ1v) is 5.59. The summed E-state index contributed by atoms with van der Waals surface area (Å²) < 4.78 is 0. The average molecular weight is 188 g/mol. The number of aliphatic hydroxyl groups is 1. The molecule has 74 valence electrons. The number of aliphatic hydroxyl groups excluding tert-OH is 1. The number of hydrogen-bond donors (Lipinski definition) is 1. The molecular formula is C13H16O. The molecule has 0 aliphatic heterocycles. The molecule has 2 bridgehead atoms. The molecule has 0 aromatic heterocycles. The predicted octanol–water partition coefficient (Wildman–Crippen LogP) is 2.56. The van der Waals surface area contributed by atoms with Crippen molar-refractivity contribution in [3.8, 4) is 0 Å². The van der Waals surface area contributed by atoms with Crippen molar-refractivity contribution in [2.24, 2.45) is 11.8 Å². The van der Waals surface area contributed by atoms with Crippen LogP contribution in [0.15, 0.2) is 30.3 Å². The van der Waals surface area contributed by atoms with E-state index >= 15 is 0 Å². The summed E-state index contributed by atoms with van der Waals surface area (Å²) in [6.07, 6.45) is 3.66. The van der Waals surface area contributed by atoms with Gasteiger partial charge in [0.05, 0.1) is 6.10 Å². The second-order valence-electron chi connectivity index (χ2n) is 4.74. The van der Waals surface area contributed by atoms with Crippen LogP contribution < -0.4 is 0 Å². The minimum absolute atomic E-state index is 0.0137. The van der Waals surface area contributed by atoms with E-state index in [0.29, 0.717) is 17.8 Å². The maximum Gasteiger partial charge on any atom is 0.0602 e. The third kappa shape index (κ3) is 1.12. The molecule has 1 heteroatoms. The molecule has 0 saturated heterocycles. The molecule has 14 heavy (non-hydrogen) atoms. The smallest absolute Gasteiger partial charge is 0.0602 e. The molecule has 2 aliphatic rings. The van der Waals surface area contributed by atoms with Gasteiger partial charge in [-0.15, -0.1) is 0 Å². The highest BCUT2D eigenvalue weighted by Gasteiger charge is 2.47. The average Bonchev–Trinajstić information content (AvgIpc) is 2.76. The zero-order chi connectivity index (χ0) is 9.54. The van der Waals surface area contributed by atoms with Gasteiger partial charge >= 0.3 is 0 Å². The Labute approximate surface area is 84.8 Å². The van der Waals surface area contributed by atoms with Crippen molar-refractivity contribution in [1.29, 1.82) is 0 Å². The van der Waals surface area contributed by atoms with Crippen LogP contribution in [0.25, 0.3) is 0 Å². The minimum Gasteiger partial charge on any atom is -0.393 e. The molecule has 1 aromatic rings. The Kier molecular flexibility index (Phi) is 1.88.